The first-order valence-corrected chi connectivity index (χ1v) is 10.9. The van der Waals surface area contributed by atoms with E-state index in [1.54, 1.807) is 26.0 Å². The summed E-state index contributed by atoms with van der Waals surface area (Å²) in [5, 5.41) is 3.55. The minimum atomic E-state index is -3.49. The minimum Gasteiger partial charge on any atom is -0.326 e. The van der Waals surface area contributed by atoms with Gasteiger partial charge in [0.25, 0.3) is 0 Å². The number of benzene rings is 2. The molecule has 2 aromatic carbocycles. The number of sulfonamides is 1. The van der Waals surface area contributed by atoms with Gasteiger partial charge in [-0.25, -0.2) is 8.42 Å². The molecule has 7 heteroatoms. The molecule has 0 spiro atoms. The summed E-state index contributed by atoms with van der Waals surface area (Å²) < 4.78 is 26.4. The molecule has 1 N–H and O–H groups in total. The predicted molar refractivity (Wildman–Crippen MR) is 107 cm³/mol. The number of hydrogen-bond acceptors (Lipinski definition) is 3. The van der Waals surface area contributed by atoms with Crippen molar-refractivity contribution in [1.82, 2.24) is 4.31 Å². The third-order valence-electron chi connectivity index (χ3n) is 4.90. The molecule has 0 aromatic heterocycles. The zero-order valence-corrected chi connectivity index (χ0v) is 16.9. The minimum absolute atomic E-state index is 0.0701. The topological polar surface area (TPSA) is 66.5 Å². The van der Waals surface area contributed by atoms with E-state index in [1.807, 2.05) is 24.3 Å². The fourth-order valence-electron chi connectivity index (χ4n) is 3.26. The lowest BCUT2D eigenvalue weighted by Gasteiger charge is -2.18. The van der Waals surface area contributed by atoms with Gasteiger partial charge >= 0.3 is 0 Å². The van der Waals surface area contributed by atoms with Crippen LogP contribution < -0.4 is 5.32 Å². The van der Waals surface area contributed by atoms with Gasteiger partial charge in [-0.1, -0.05) is 43.6 Å². The van der Waals surface area contributed by atoms with Gasteiger partial charge in [-0.05, 0) is 48.2 Å². The van der Waals surface area contributed by atoms with Crippen LogP contribution in [0.5, 0.6) is 0 Å². The van der Waals surface area contributed by atoms with Crippen molar-refractivity contribution >= 4 is 33.2 Å². The predicted octanol–water partition coefficient (Wildman–Crippen LogP) is 4.11. The van der Waals surface area contributed by atoms with Crippen LogP contribution in [0.4, 0.5) is 5.69 Å². The van der Waals surface area contributed by atoms with E-state index in [9.17, 15) is 13.2 Å². The van der Waals surface area contributed by atoms with Gasteiger partial charge in [-0.3, -0.25) is 4.79 Å². The molecular formula is C20H23ClN2O3S. The second-order valence-corrected chi connectivity index (χ2v) is 8.92. The summed E-state index contributed by atoms with van der Waals surface area (Å²) in [7, 11) is -3.49. The molecule has 0 bridgehead atoms. The highest BCUT2D eigenvalue weighted by molar-refractivity contribution is 7.89. The Morgan fingerprint density at radius 2 is 1.74 bits per heavy atom. The Morgan fingerprint density at radius 3 is 2.33 bits per heavy atom. The fourth-order valence-corrected chi connectivity index (χ4v) is 5.00. The Morgan fingerprint density at radius 1 is 1.11 bits per heavy atom. The monoisotopic (exact) mass is 406 g/mol. The van der Waals surface area contributed by atoms with Crippen molar-refractivity contribution in [2.24, 2.45) is 5.92 Å². The smallest absolute Gasteiger partial charge is 0.243 e. The summed E-state index contributed by atoms with van der Waals surface area (Å²) in [5.41, 5.74) is 1.59. The van der Waals surface area contributed by atoms with Crippen LogP contribution >= 0.6 is 11.6 Å². The van der Waals surface area contributed by atoms with Crippen LogP contribution in [0.25, 0.3) is 0 Å². The van der Waals surface area contributed by atoms with Crippen LogP contribution in [0.1, 0.15) is 31.7 Å². The third kappa shape index (κ3) is 4.18. The molecule has 2 atom stereocenters. The van der Waals surface area contributed by atoms with E-state index in [0.29, 0.717) is 23.8 Å². The maximum atomic E-state index is 12.5. The quantitative estimate of drug-likeness (QED) is 0.752. The van der Waals surface area contributed by atoms with Gasteiger partial charge in [0.15, 0.2) is 0 Å². The number of hydrogen-bond donors (Lipinski definition) is 1. The molecule has 1 aliphatic rings. The first-order valence-electron chi connectivity index (χ1n) is 9.04. The first-order chi connectivity index (χ1) is 12.9. The lowest BCUT2D eigenvalue weighted by Crippen LogP contribution is -2.30. The average Bonchev–Trinajstić information content (AvgIpc) is 3.44. The zero-order chi connectivity index (χ0) is 19.6. The van der Waals surface area contributed by atoms with Gasteiger partial charge in [0, 0.05) is 29.7 Å². The van der Waals surface area contributed by atoms with Crippen LogP contribution in [-0.4, -0.2) is 31.7 Å². The van der Waals surface area contributed by atoms with E-state index in [0.717, 1.165) is 12.0 Å². The molecule has 0 saturated heterocycles. The van der Waals surface area contributed by atoms with Crippen molar-refractivity contribution in [3.8, 4) is 0 Å². The molecule has 27 heavy (non-hydrogen) atoms. The Kier molecular flexibility index (Phi) is 5.89. The zero-order valence-electron chi connectivity index (χ0n) is 15.4. The molecule has 1 fully saturated rings. The second kappa shape index (κ2) is 8.00. The van der Waals surface area contributed by atoms with Crippen molar-refractivity contribution in [2.45, 2.75) is 31.1 Å². The van der Waals surface area contributed by atoms with Crippen LogP contribution in [-0.2, 0) is 14.8 Å². The molecule has 5 nitrogen and oxygen atoms in total. The van der Waals surface area contributed by atoms with Crippen molar-refractivity contribution < 1.29 is 13.2 Å². The van der Waals surface area contributed by atoms with E-state index in [1.165, 1.54) is 16.4 Å². The van der Waals surface area contributed by atoms with Gasteiger partial charge in [-0.15, -0.1) is 0 Å². The first kappa shape index (κ1) is 19.9. The highest BCUT2D eigenvalue weighted by atomic mass is 35.5. The Balaban J connectivity index is 1.66. The van der Waals surface area contributed by atoms with Crippen molar-refractivity contribution in [2.75, 3.05) is 18.4 Å². The number of carbonyl (C=O) groups excluding carboxylic acids is 1. The summed E-state index contributed by atoms with van der Waals surface area (Å²) in [6.07, 6.45) is 0.768. The summed E-state index contributed by atoms with van der Waals surface area (Å²) >= 11 is 6.21. The van der Waals surface area contributed by atoms with E-state index in [4.69, 9.17) is 11.6 Å². The summed E-state index contributed by atoms with van der Waals surface area (Å²) in [6, 6.07) is 13.9. The lowest BCUT2D eigenvalue weighted by atomic mass is 10.1. The average molecular weight is 407 g/mol. The largest absolute Gasteiger partial charge is 0.326 e. The Labute approximate surface area is 165 Å². The van der Waals surface area contributed by atoms with E-state index < -0.39 is 10.0 Å². The second-order valence-electron chi connectivity index (χ2n) is 6.57. The van der Waals surface area contributed by atoms with Crippen molar-refractivity contribution in [1.29, 1.82) is 0 Å². The number of halogens is 1. The molecule has 2 aromatic rings. The molecule has 0 aliphatic heterocycles. The highest BCUT2D eigenvalue weighted by Crippen LogP contribution is 2.50. The molecule has 1 amide bonds. The molecular weight excluding hydrogens is 384 g/mol. The number of amides is 1. The summed E-state index contributed by atoms with van der Waals surface area (Å²) in [4.78, 5) is 12.7. The number of carbonyl (C=O) groups is 1. The van der Waals surface area contributed by atoms with Gasteiger partial charge < -0.3 is 5.32 Å². The molecule has 3 rings (SSSR count). The Bertz CT molecular complexity index is 924. The number of nitrogens with zero attached hydrogens (tertiary/aromatic N) is 1. The summed E-state index contributed by atoms with van der Waals surface area (Å²) in [6.45, 7) is 4.45. The maximum Gasteiger partial charge on any atom is 0.243 e. The molecule has 1 saturated carbocycles. The van der Waals surface area contributed by atoms with Gasteiger partial charge in [0.1, 0.15) is 0 Å². The van der Waals surface area contributed by atoms with E-state index in [-0.39, 0.29) is 22.6 Å². The Hall–Kier alpha value is -1.89. The number of anilines is 1. The maximum absolute atomic E-state index is 12.5. The van der Waals surface area contributed by atoms with E-state index >= 15 is 0 Å². The van der Waals surface area contributed by atoms with Gasteiger partial charge in [-0.2, -0.15) is 4.31 Å². The van der Waals surface area contributed by atoms with Crippen LogP contribution in [0.2, 0.25) is 5.02 Å². The lowest BCUT2D eigenvalue weighted by molar-refractivity contribution is -0.117. The molecule has 1 aliphatic carbocycles. The normalized spacial score (nSPS) is 19.1. The fraction of sp³-hybridized carbons (Fsp3) is 0.350. The van der Waals surface area contributed by atoms with Crippen molar-refractivity contribution in [3.63, 3.8) is 0 Å². The standard InChI is InChI=1S/C20H23ClN2O3S/c1-3-23(4-2)27(25,26)15-11-9-14(10-12-15)22-20(24)18-13-17(18)16-7-5-6-8-19(16)21/h5-12,17-18H,3-4,13H2,1-2H3,(H,22,24). The number of nitrogens with one attached hydrogen (secondary N) is 1. The third-order valence-corrected chi connectivity index (χ3v) is 7.31. The van der Waals surface area contributed by atoms with Gasteiger partial charge in [0.2, 0.25) is 15.9 Å². The SMILES string of the molecule is CCN(CC)S(=O)(=O)c1ccc(NC(=O)C2CC2c2ccccc2Cl)cc1. The van der Waals surface area contributed by atoms with E-state index in [2.05, 4.69) is 5.32 Å². The molecule has 0 heterocycles. The highest BCUT2D eigenvalue weighted by Gasteiger charge is 2.44. The molecule has 0 radical (unpaired) electrons. The molecule has 144 valence electrons. The van der Waals surface area contributed by atoms with Crippen molar-refractivity contribution in [3.05, 3.63) is 59.1 Å². The van der Waals surface area contributed by atoms with Crippen LogP contribution in [0.15, 0.2) is 53.4 Å². The summed E-state index contributed by atoms with van der Waals surface area (Å²) in [5.74, 6) is -0.0377. The molecule has 2 unspecified atom stereocenters. The number of rotatable bonds is 7. The van der Waals surface area contributed by atoms with Crippen LogP contribution in [0, 0.1) is 5.92 Å². The van der Waals surface area contributed by atoms with Gasteiger partial charge in [0.05, 0.1) is 4.90 Å². The van der Waals surface area contributed by atoms with Crippen LogP contribution in [0.3, 0.4) is 0 Å².